The highest BCUT2D eigenvalue weighted by Gasteiger charge is 2.44. The maximum Gasteiger partial charge on any atom is 0.252 e. The molecule has 0 spiro atoms. The van der Waals surface area contributed by atoms with E-state index in [4.69, 9.17) is 10.5 Å². The summed E-state index contributed by atoms with van der Waals surface area (Å²) in [6.45, 7) is 7.38. The standard InChI is InChI=1S/C17H24N2O4S/c1-16(2)7-10-11(13(18)21)15(24-12(10)17(3,4)23-16)19(8-20)14(22)9-5-6-9/h9,20H,5-8H2,1-4H3,(H2,18,21). The minimum Gasteiger partial charge on any atom is -0.376 e. The zero-order valence-electron chi connectivity index (χ0n) is 14.5. The van der Waals surface area contributed by atoms with Gasteiger partial charge in [-0.15, -0.1) is 11.3 Å². The number of carbonyl (C=O) groups excluding carboxylic acids is 2. The highest BCUT2D eigenvalue weighted by molar-refractivity contribution is 7.17. The van der Waals surface area contributed by atoms with Crippen LogP contribution in [0.4, 0.5) is 5.00 Å². The fraction of sp³-hybridized carbons (Fsp3) is 0.647. The zero-order valence-corrected chi connectivity index (χ0v) is 15.3. The molecule has 0 saturated heterocycles. The van der Waals surface area contributed by atoms with E-state index >= 15 is 0 Å². The predicted octanol–water partition coefficient (Wildman–Crippen LogP) is 2.13. The largest absolute Gasteiger partial charge is 0.376 e. The molecule has 2 heterocycles. The molecule has 0 radical (unpaired) electrons. The number of fused-ring (bicyclic) bond motifs is 1. The second-order valence-electron chi connectivity index (χ2n) is 7.68. The van der Waals surface area contributed by atoms with Crippen molar-refractivity contribution in [2.24, 2.45) is 11.7 Å². The molecule has 24 heavy (non-hydrogen) atoms. The summed E-state index contributed by atoms with van der Waals surface area (Å²) in [4.78, 5) is 26.9. The summed E-state index contributed by atoms with van der Waals surface area (Å²) in [5.74, 6) is -0.771. The fourth-order valence-corrected chi connectivity index (χ4v) is 4.90. The molecule has 0 atom stereocenters. The lowest BCUT2D eigenvalue weighted by Gasteiger charge is -2.41. The number of rotatable bonds is 4. The fourth-order valence-electron chi connectivity index (χ4n) is 3.53. The average Bonchev–Trinajstić information content (AvgIpc) is 3.19. The van der Waals surface area contributed by atoms with E-state index in [1.807, 2.05) is 27.7 Å². The summed E-state index contributed by atoms with van der Waals surface area (Å²) in [5.41, 5.74) is 5.81. The van der Waals surface area contributed by atoms with Gasteiger partial charge in [0, 0.05) is 17.2 Å². The minimum atomic E-state index is -0.589. The van der Waals surface area contributed by atoms with E-state index in [2.05, 4.69) is 0 Å². The van der Waals surface area contributed by atoms with Gasteiger partial charge in [0.05, 0.1) is 16.8 Å². The molecule has 0 aromatic carbocycles. The molecule has 1 aromatic rings. The van der Waals surface area contributed by atoms with Crippen LogP contribution < -0.4 is 10.6 Å². The quantitative estimate of drug-likeness (QED) is 0.812. The maximum atomic E-state index is 12.5. The number of anilines is 1. The lowest BCUT2D eigenvalue weighted by molar-refractivity contribution is -0.135. The molecule has 132 valence electrons. The predicted molar refractivity (Wildman–Crippen MR) is 92.0 cm³/mol. The summed E-state index contributed by atoms with van der Waals surface area (Å²) in [7, 11) is 0. The van der Waals surface area contributed by atoms with Gasteiger partial charge in [0.15, 0.2) is 0 Å². The molecule has 1 aliphatic carbocycles. The van der Waals surface area contributed by atoms with E-state index in [1.54, 1.807) is 0 Å². The van der Waals surface area contributed by atoms with Crippen LogP contribution in [-0.4, -0.2) is 29.3 Å². The number of aliphatic hydroxyl groups is 1. The Bertz CT molecular complexity index is 704. The SMILES string of the molecule is CC1(C)Cc2c(sc(N(CO)C(=O)C3CC3)c2C(N)=O)C(C)(C)O1. The van der Waals surface area contributed by atoms with Crippen molar-refractivity contribution < 1.29 is 19.4 Å². The monoisotopic (exact) mass is 352 g/mol. The third-order valence-electron chi connectivity index (χ3n) is 4.49. The lowest BCUT2D eigenvalue weighted by atomic mass is 9.86. The Balaban J connectivity index is 2.16. The van der Waals surface area contributed by atoms with Gasteiger partial charge in [0.25, 0.3) is 5.91 Å². The van der Waals surface area contributed by atoms with Gasteiger partial charge in [-0.3, -0.25) is 14.5 Å². The first kappa shape index (κ1) is 17.4. The van der Waals surface area contributed by atoms with Crippen molar-refractivity contribution in [1.82, 2.24) is 0 Å². The van der Waals surface area contributed by atoms with Crippen LogP contribution in [-0.2, 0) is 21.6 Å². The molecular weight excluding hydrogens is 328 g/mol. The molecule has 1 aromatic heterocycles. The normalized spacial score (nSPS) is 21.2. The summed E-state index contributed by atoms with van der Waals surface area (Å²) in [5, 5.41) is 10.2. The van der Waals surface area contributed by atoms with Gasteiger partial charge in [0.2, 0.25) is 5.91 Å². The van der Waals surface area contributed by atoms with Crippen molar-refractivity contribution in [2.75, 3.05) is 11.6 Å². The van der Waals surface area contributed by atoms with Crippen LogP contribution >= 0.6 is 11.3 Å². The van der Waals surface area contributed by atoms with Gasteiger partial charge in [0.1, 0.15) is 11.7 Å². The number of nitrogens with zero attached hydrogens (tertiary/aromatic N) is 1. The molecule has 1 aliphatic heterocycles. The van der Waals surface area contributed by atoms with Crippen LogP contribution in [0.5, 0.6) is 0 Å². The Labute approximate surface area is 145 Å². The van der Waals surface area contributed by atoms with Crippen LogP contribution in [0.2, 0.25) is 0 Å². The molecule has 7 heteroatoms. The molecule has 0 unspecified atom stereocenters. The van der Waals surface area contributed by atoms with Gasteiger partial charge in [-0.05, 0) is 46.1 Å². The number of ether oxygens (including phenoxy) is 1. The van der Waals surface area contributed by atoms with Gasteiger partial charge in [-0.25, -0.2) is 0 Å². The minimum absolute atomic E-state index is 0.0577. The lowest BCUT2D eigenvalue weighted by Crippen LogP contribution is -2.42. The molecule has 2 amide bonds. The third kappa shape index (κ3) is 2.85. The van der Waals surface area contributed by atoms with Gasteiger partial charge < -0.3 is 15.6 Å². The first-order valence-electron chi connectivity index (χ1n) is 8.16. The number of primary amides is 1. The van der Waals surface area contributed by atoms with Crippen LogP contribution in [0, 0.1) is 5.92 Å². The van der Waals surface area contributed by atoms with Crippen LogP contribution in [0.1, 0.15) is 61.3 Å². The van der Waals surface area contributed by atoms with Crippen molar-refractivity contribution in [1.29, 1.82) is 0 Å². The average molecular weight is 352 g/mol. The van der Waals surface area contributed by atoms with Crippen molar-refractivity contribution in [3.05, 3.63) is 16.0 Å². The Morgan fingerprint density at radius 3 is 2.46 bits per heavy atom. The van der Waals surface area contributed by atoms with Crippen molar-refractivity contribution in [3.8, 4) is 0 Å². The van der Waals surface area contributed by atoms with Crippen molar-refractivity contribution >= 4 is 28.2 Å². The number of nitrogens with two attached hydrogens (primary N) is 1. The van der Waals surface area contributed by atoms with E-state index in [1.165, 1.54) is 16.2 Å². The molecule has 1 saturated carbocycles. The van der Waals surface area contributed by atoms with Gasteiger partial charge in [-0.2, -0.15) is 0 Å². The highest BCUT2D eigenvalue weighted by atomic mass is 32.1. The van der Waals surface area contributed by atoms with Crippen LogP contribution in [0.15, 0.2) is 0 Å². The van der Waals surface area contributed by atoms with Crippen LogP contribution in [0.25, 0.3) is 0 Å². The molecule has 3 N–H and O–H groups in total. The zero-order chi connectivity index (χ0) is 17.9. The van der Waals surface area contributed by atoms with Gasteiger partial charge >= 0.3 is 0 Å². The smallest absolute Gasteiger partial charge is 0.252 e. The number of hydrogen-bond acceptors (Lipinski definition) is 5. The Morgan fingerprint density at radius 1 is 1.33 bits per heavy atom. The second-order valence-corrected chi connectivity index (χ2v) is 8.68. The van der Waals surface area contributed by atoms with Crippen molar-refractivity contribution in [2.45, 2.75) is 58.2 Å². The van der Waals surface area contributed by atoms with E-state index in [9.17, 15) is 14.7 Å². The Kier molecular flexibility index (Phi) is 4.01. The summed E-state index contributed by atoms with van der Waals surface area (Å²) in [6.07, 6.45) is 2.19. The topological polar surface area (TPSA) is 92.9 Å². The molecule has 6 nitrogen and oxygen atoms in total. The van der Waals surface area contributed by atoms with E-state index in [-0.39, 0.29) is 11.8 Å². The molecule has 2 aliphatic rings. The number of aliphatic hydroxyl groups excluding tert-OH is 1. The molecule has 3 rings (SSSR count). The number of carbonyl (C=O) groups is 2. The Hall–Kier alpha value is -1.44. The Morgan fingerprint density at radius 2 is 1.96 bits per heavy atom. The summed E-state index contributed by atoms with van der Waals surface area (Å²) < 4.78 is 6.16. The molecule has 0 bridgehead atoms. The molecule has 1 fully saturated rings. The first-order valence-corrected chi connectivity index (χ1v) is 8.97. The molecular formula is C17H24N2O4S. The summed E-state index contributed by atoms with van der Waals surface area (Å²) >= 11 is 1.32. The van der Waals surface area contributed by atoms with E-state index < -0.39 is 23.8 Å². The third-order valence-corrected chi connectivity index (χ3v) is 6.05. The number of hydrogen-bond donors (Lipinski definition) is 2. The van der Waals surface area contributed by atoms with E-state index in [0.29, 0.717) is 17.0 Å². The van der Waals surface area contributed by atoms with Crippen molar-refractivity contribution in [3.63, 3.8) is 0 Å². The van der Waals surface area contributed by atoms with E-state index in [0.717, 1.165) is 23.3 Å². The second kappa shape index (κ2) is 5.54. The van der Waals surface area contributed by atoms with Crippen LogP contribution in [0.3, 0.4) is 0 Å². The maximum absolute atomic E-state index is 12.5. The number of thiophene rings is 1. The summed E-state index contributed by atoms with van der Waals surface area (Å²) in [6, 6.07) is 0. The highest BCUT2D eigenvalue weighted by Crippen LogP contribution is 2.49. The first-order chi connectivity index (χ1) is 11.1. The van der Waals surface area contributed by atoms with Gasteiger partial charge in [-0.1, -0.05) is 0 Å². The number of amides is 2.